The number of aromatic nitrogens is 4. The minimum Gasteiger partial charge on any atom is -0.475 e. The molecule has 0 fully saturated rings. The van der Waals surface area contributed by atoms with Gasteiger partial charge in [-0.2, -0.15) is 18.4 Å². The Morgan fingerprint density at radius 2 is 1.65 bits per heavy atom. The van der Waals surface area contributed by atoms with E-state index in [1.165, 1.54) is 0 Å². The molecule has 2 N–H and O–H groups in total. The molecule has 0 amide bonds. The molecule has 40 heavy (non-hydrogen) atoms. The highest BCUT2D eigenvalue weighted by atomic mass is 19.4. The van der Waals surface area contributed by atoms with Crippen LogP contribution in [0.2, 0.25) is 0 Å². The van der Waals surface area contributed by atoms with Crippen molar-refractivity contribution in [1.82, 2.24) is 23.6 Å². The fourth-order valence-corrected chi connectivity index (χ4v) is 4.68. The van der Waals surface area contributed by atoms with Crippen LogP contribution < -0.4 is 5.69 Å². The van der Waals surface area contributed by atoms with E-state index >= 15 is 0 Å². The number of nitriles is 1. The number of benzene rings is 2. The van der Waals surface area contributed by atoms with Gasteiger partial charge in [0.2, 0.25) is 0 Å². The third kappa shape index (κ3) is 5.50. The number of nitrogens with one attached hydrogen (secondary N) is 1. The zero-order valence-corrected chi connectivity index (χ0v) is 22.0. The van der Waals surface area contributed by atoms with Crippen molar-refractivity contribution in [3.8, 4) is 23.0 Å². The van der Waals surface area contributed by atoms with Crippen LogP contribution in [0, 0.1) is 11.3 Å². The van der Waals surface area contributed by atoms with Gasteiger partial charge in [0.1, 0.15) is 11.8 Å². The Bertz CT molecular complexity index is 1780. The first kappa shape index (κ1) is 28.3. The molecular formula is C28H27F3N6O3. The van der Waals surface area contributed by atoms with E-state index in [1.54, 1.807) is 4.57 Å². The largest absolute Gasteiger partial charge is 0.490 e. The third-order valence-corrected chi connectivity index (χ3v) is 6.41. The second kappa shape index (κ2) is 11.2. The maximum absolute atomic E-state index is 13.2. The van der Waals surface area contributed by atoms with E-state index in [9.17, 15) is 23.2 Å². The molecule has 0 unspecified atom stereocenters. The molecular weight excluding hydrogens is 525 g/mol. The van der Waals surface area contributed by atoms with Crippen LogP contribution in [0.15, 0.2) is 65.7 Å². The summed E-state index contributed by atoms with van der Waals surface area (Å²) in [6.07, 6.45) is -0.0638. The van der Waals surface area contributed by atoms with Crippen molar-refractivity contribution < 1.29 is 23.1 Å². The summed E-state index contributed by atoms with van der Waals surface area (Å²) in [7, 11) is 6.10. The van der Waals surface area contributed by atoms with E-state index in [0.29, 0.717) is 5.69 Å². The van der Waals surface area contributed by atoms with Gasteiger partial charge in [0.05, 0.1) is 11.4 Å². The van der Waals surface area contributed by atoms with Crippen LogP contribution in [0.4, 0.5) is 13.2 Å². The number of hydrogen-bond acceptors (Lipinski definition) is 4. The van der Waals surface area contributed by atoms with Crippen molar-refractivity contribution in [3.63, 3.8) is 0 Å². The number of nitrogens with zero attached hydrogens (tertiary/aromatic N) is 5. The Labute approximate surface area is 226 Å². The number of rotatable bonds is 6. The molecule has 2 aromatic carbocycles. The summed E-state index contributed by atoms with van der Waals surface area (Å²) in [4.78, 5) is 27.0. The van der Waals surface area contributed by atoms with E-state index < -0.39 is 12.1 Å². The number of carboxylic acid groups (broad SMARTS) is 1. The molecule has 5 rings (SSSR count). The quantitative estimate of drug-likeness (QED) is 0.316. The average molecular weight is 553 g/mol. The van der Waals surface area contributed by atoms with Gasteiger partial charge in [-0.05, 0) is 39.2 Å². The molecule has 0 aliphatic heterocycles. The molecule has 0 atom stereocenters. The second-order valence-corrected chi connectivity index (χ2v) is 9.46. The lowest BCUT2D eigenvalue weighted by atomic mass is 10.1. The van der Waals surface area contributed by atoms with E-state index in [2.05, 4.69) is 52.9 Å². The normalized spacial score (nSPS) is 11.6. The maximum atomic E-state index is 13.2. The first-order valence-corrected chi connectivity index (χ1v) is 12.3. The monoisotopic (exact) mass is 552 g/mol. The SMILES string of the molecule is CN(C)CCCn1cc(-c2c(C#N)[nH]c(=O)n2-c2cn(C)c3ccccc23)c2ccccc21.O=C(O)C(F)(F)F. The highest BCUT2D eigenvalue weighted by Crippen LogP contribution is 2.35. The number of para-hydroxylation sites is 2. The number of aliphatic carboxylic acids is 1. The summed E-state index contributed by atoms with van der Waals surface area (Å²) in [5.41, 5.74) is 4.30. The standard InChI is InChI=1S/C26H26N6O.C2HF3O2/c1-29(2)13-8-14-31-16-20(18-9-4-7-12-23(18)31)25-21(15-27)28-26(33)32(25)24-17-30(3)22-11-6-5-10-19(22)24;3-2(4,5)1(6)7/h4-7,9-12,16-17H,8,13-14H2,1-3H3,(H,28,33);(H,6,7). The van der Waals surface area contributed by atoms with Crippen LogP contribution in [0.1, 0.15) is 12.1 Å². The van der Waals surface area contributed by atoms with Gasteiger partial charge in [-0.15, -0.1) is 0 Å². The Morgan fingerprint density at radius 3 is 2.25 bits per heavy atom. The molecule has 0 radical (unpaired) electrons. The molecule has 3 heterocycles. The fraction of sp³-hybridized carbons (Fsp3) is 0.250. The maximum Gasteiger partial charge on any atom is 0.490 e. The number of carboxylic acids is 1. The van der Waals surface area contributed by atoms with Crippen LogP contribution >= 0.6 is 0 Å². The summed E-state index contributed by atoms with van der Waals surface area (Å²) in [6.45, 7) is 1.83. The van der Waals surface area contributed by atoms with Gasteiger partial charge in [0.15, 0.2) is 0 Å². The number of fused-ring (bicyclic) bond motifs is 2. The van der Waals surface area contributed by atoms with E-state index in [-0.39, 0.29) is 11.4 Å². The minimum atomic E-state index is -5.08. The smallest absolute Gasteiger partial charge is 0.475 e. The molecule has 5 aromatic rings. The Kier molecular flexibility index (Phi) is 7.88. The molecule has 0 saturated heterocycles. The van der Waals surface area contributed by atoms with Gasteiger partial charge >= 0.3 is 17.8 Å². The van der Waals surface area contributed by atoms with Crippen LogP contribution in [-0.4, -0.2) is 61.5 Å². The van der Waals surface area contributed by atoms with Gasteiger partial charge in [-0.1, -0.05) is 36.4 Å². The first-order chi connectivity index (χ1) is 18.9. The fourth-order valence-electron chi connectivity index (χ4n) is 4.68. The second-order valence-electron chi connectivity index (χ2n) is 9.46. The van der Waals surface area contributed by atoms with Crippen molar-refractivity contribution in [2.75, 3.05) is 20.6 Å². The van der Waals surface area contributed by atoms with Gasteiger partial charge < -0.3 is 19.1 Å². The van der Waals surface area contributed by atoms with Crippen LogP contribution in [0.25, 0.3) is 38.8 Å². The minimum absolute atomic E-state index is 0.268. The van der Waals surface area contributed by atoms with Crippen molar-refractivity contribution in [1.29, 1.82) is 5.26 Å². The lowest BCUT2D eigenvalue weighted by Gasteiger charge is -2.10. The zero-order chi connectivity index (χ0) is 29.2. The number of imidazole rings is 1. The molecule has 0 aliphatic rings. The van der Waals surface area contributed by atoms with Gasteiger partial charge in [0, 0.05) is 53.4 Å². The average Bonchev–Trinajstić information content (AvgIpc) is 3.54. The van der Waals surface area contributed by atoms with Crippen molar-refractivity contribution in [3.05, 3.63) is 77.1 Å². The summed E-state index contributed by atoms with van der Waals surface area (Å²) in [5.74, 6) is -2.76. The summed E-state index contributed by atoms with van der Waals surface area (Å²) in [6, 6.07) is 18.4. The predicted molar refractivity (Wildman–Crippen MR) is 145 cm³/mol. The number of halogens is 3. The number of carbonyl (C=O) groups is 1. The molecule has 12 heteroatoms. The third-order valence-electron chi connectivity index (χ3n) is 6.41. The van der Waals surface area contributed by atoms with Crippen molar-refractivity contribution >= 4 is 27.8 Å². The molecule has 3 aromatic heterocycles. The van der Waals surface area contributed by atoms with Gasteiger partial charge in [-0.25, -0.2) is 9.59 Å². The van der Waals surface area contributed by atoms with Crippen molar-refractivity contribution in [2.45, 2.75) is 19.1 Å². The van der Waals surface area contributed by atoms with Crippen LogP contribution in [0.5, 0.6) is 0 Å². The predicted octanol–water partition coefficient (Wildman–Crippen LogP) is 4.74. The summed E-state index contributed by atoms with van der Waals surface area (Å²) in [5, 5.41) is 19.0. The lowest BCUT2D eigenvalue weighted by molar-refractivity contribution is -0.192. The molecule has 0 bridgehead atoms. The molecule has 0 saturated carbocycles. The summed E-state index contributed by atoms with van der Waals surface area (Å²) >= 11 is 0. The molecule has 9 nitrogen and oxygen atoms in total. The molecule has 0 spiro atoms. The highest BCUT2D eigenvalue weighted by molar-refractivity contribution is 5.98. The summed E-state index contributed by atoms with van der Waals surface area (Å²) < 4.78 is 37.6. The van der Waals surface area contributed by atoms with Gasteiger partial charge in [0.25, 0.3) is 0 Å². The Morgan fingerprint density at radius 1 is 1.05 bits per heavy atom. The highest BCUT2D eigenvalue weighted by Gasteiger charge is 2.38. The number of H-pyrrole nitrogens is 1. The first-order valence-electron chi connectivity index (χ1n) is 12.3. The molecule has 208 valence electrons. The number of alkyl halides is 3. The number of aryl methyl sites for hydroxylation is 2. The van der Waals surface area contributed by atoms with E-state index in [0.717, 1.165) is 52.6 Å². The lowest BCUT2D eigenvalue weighted by Crippen LogP contribution is -2.21. The number of aromatic amines is 1. The Hall–Kier alpha value is -4.76. The number of hydrogen-bond donors (Lipinski definition) is 2. The zero-order valence-electron chi connectivity index (χ0n) is 22.0. The van der Waals surface area contributed by atoms with Crippen LogP contribution in [0.3, 0.4) is 0 Å². The molecule has 0 aliphatic carbocycles. The van der Waals surface area contributed by atoms with Gasteiger partial charge in [-0.3, -0.25) is 9.55 Å². The van der Waals surface area contributed by atoms with Crippen molar-refractivity contribution in [2.24, 2.45) is 7.05 Å². The topological polar surface area (TPSA) is 112 Å². The van der Waals surface area contributed by atoms with Crippen LogP contribution in [-0.2, 0) is 18.4 Å². The van der Waals surface area contributed by atoms with E-state index in [1.807, 2.05) is 54.2 Å². The Balaban J connectivity index is 0.000000470. The van der Waals surface area contributed by atoms with E-state index in [4.69, 9.17) is 9.90 Å².